The van der Waals surface area contributed by atoms with Gasteiger partial charge in [0.05, 0.1) is 11.0 Å². The molecule has 1 unspecified atom stereocenters. The van der Waals surface area contributed by atoms with E-state index in [0.29, 0.717) is 6.04 Å². The van der Waals surface area contributed by atoms with E-state index in [1.165, 1.54) is 24.8 Å². The van der Waals surface area contributed by atoms with Crippen molar-refractivity contribution < 1.29 is 0 Å². The summed E-state index contributed by atoms with van der Waals surface area (Å²) >= 11 is 0. The summed E-state index contributed by atoms with van der Waals surface area (Å²) in [4.78, 5) is 8.80. The van der Waals surface area contributed by atoms with Crippen LogP contribution in [0.5, 0.6) is 0 Å². The van der Waals surface area contributed by atoms with Gasteiger partial charge in [-0.05, 0) is 43.1 Å². The Balaban J connectivity index is 1.97. The van der Waals surface area contributed by atoms with Crippen molar-refractivity contribution in [3.05, 3.63) is 36.2 Å². The first-order chi connectivity index (χ1) is 7.93. The van der Waals surface area contributed by atoms with Crippen LogP contribution >= 0.6 is 0 Å². The van der Waals surface area contributed by atoms with Gasteiger partial charge in [0, 0.05) is 18.4 Å². The maximum Gasteiger partial charge on any atom is 0.0890 e. The highest BCUT2D eigenvalue weighted by Gasteiger charge is 2.15. The Labute approximate surface area is 94.9 Å². The predicted octanol–water partition coefficient (Wildman–Crippen LogP) is 2.44. The summed E-state index contributed by atoms with van der Waals surface area (Å²) in [7, 11) is 0. The van der Waals surface area contributed by atoms with Crippen LogP contribution in [-0.2, 0) is 0 Å². The lowest BCUT2D eigenvalue weighted by Gasteiger charge is -2.23. The van der Waals surface area contributed by atoms with Crippen LogP contribution in [0.15, 0.2) is 30.6 Å². The second kappa shape index (κ2) is 4.18. The van der Waals surface area contributed by atoms with Gasteiger partial charge < -0.3 is 5.32 Å². The second-order valence-corrected chi connectivity index (χ2v) is 4.31. The van der Waals surface area contributed by atoms with E-state index in [1.807, 2.05) is 24.5 Å². The lowest BCUT2D eigenvalue weighted by atomic mass is 9.98. The highest BCUT2D eigenvalue weighted by Crippen LogP contribution is 2.23. The molecule has 3 nitrogen and oxygen atoms in total. The third-order valence-corrected chi connectivity index (χ3v) is 3.18. The van der Waals surface area contributed by atoms with Crippen LogP contribution in [0.25, 0.3) is 11.0 Å². The van der Waals surface area contributed by atoms with Crippen LogP contribution in [0, 0.1) is 0 Å². The summed E-state index contributed by atoms with van der Waals surface area (Å²) in [6.07, 6.45) is 7.60. The van der Waals surface area contributed by atoms with E-state index in [2.05, 4.69) is 21.4 Å². The van der Waals surface area contributed by atoms with Crippen LogP contribution in [0.3, 0.4) is 0 Å². The molecule has 0 aliphatic carbocycles. The van der Waals surface area contributed by atoms with Crippen molar-refractivity contribution in [2.75, 3.05) is 6.54 Å². The van der Waals surface area contributed by atoms with Gasteiger partial charge in [-0.1, -0.05) is 6.42 Å². The smallest absolute Gasteiger partial charge is 0.0890 e. The number of hydrogen-bond donors (Lipinski definition) is 1. The highest BCUT2D eigenvalue weighted by atomic mass is 14.9. The van der Waals surface area contributed by atoms with Crippen molar-refractivity contribution in [2.45, 2.75) is 25.3 Å². The number of piperidine rings is 1. The van der Waals surface area contributed by atoms with Crippen molar-refractivity contribution in [3.8, 4) is 0 Å². The van der Waals surface area contributed by atoms with Crippen LogP contribution in [0.4, 0.5) is 0 Å². The molecule has 1 N–H and O–H groups in total. The van der Waals surface area contributed by atoms with Gasteiger partial charge in [-0.2, -0.15) is 0 Å². The second-order valence-electron chi connectivity index (χ2n) is 4.31. The molecule has 0 radical (unpaired) electrons. The largest absolute Gasteiger partial charge is 0.310 e. The standard InChI is InChI=1S/C13H15N3/c1-2-6-14-11(4-1)10-8-13-12(16-9-10)5-3-7-15-13/h3,5,7-9,11,14H,1-2,4,6H2. The molecular weight excluding hydrogens is 198 g/mol. The molecule has 0 amide bonds. The number of nitrogens with one attached hydrogen (secondary N) is 1. The molecule has 1 aliphatic heterocycles. The predicted molar refractivity (Wildman–Crippen MR) is 64.1 cm³/mol. The van der Waals surface area contributed by atoms with Gasteiger partial charge >= 0.3 is 0 Å². The Kier molecular flexibility index (Phi) is 2.54. The van der Waals surface area contributed by atoms with E-state index >= 15 is 0 Å². The minimum absolute atomic E-state index is 0.465. The summed E-state index contributed by atoms with van der Waals surface area (Å²) < 4.78 is 0. The first kappa shape index (κ1) is 9.73. The molecule has 3 rings (SSSR count). The maximum atomic E-state index is 4.45. The van der Waals surface area contributed by atoms with E-state index in [4.69, 9.17) is 0 Å². The average molecular weight is 213 g/mol. The van der Waals surface area contributed by atoms with Crippen LogP contribution in [-0.4, -0.2) is 16.5 Å². The summed E-state index contributed by atoms with van der Waals surface area (Å²) in [6, 6.07) is 6.55. The van der Waals surface area contributed by atoms with Gasteiger partial charge in [0.25, 0.3) is 0 Å². The SMILES string of the molecule is c1cnc2cc(C3CCCCN3)cnc2c1. The first-order valence-electron chi connectivity index (χ1n) is 5.87. The molecule has 0 spiro atoms. The van der Waals surface area contributed by atoms with E-state index in [0.717, 1.165) is 17.6 Å². The minimum atomic E-state index is 0.465. The van der Waals surface area contributed by atoms with Gasteiger partial charge in [-0.25, -0.2) is 0 Å². The zero-order chi connectivity index (χ0) is 10.8. The topological polar surface area (TPSA) is 37.8 Å². The number of fused-ring (bicyclic) bond motifs is 1. The molecule has 2 aromatic rings. The van der Waals surface area contributed by atoms with Gasteiger partial charge in [0.15, 0.2) is 0 Å². The molecular formula is C13H15N3. The van der Waals surface area contributed by atoms with Crippen molar-refractivity contribution in [1.82, 2.24) is 15.3 Å². The lowest BCUT2D eigenvalue weighted by Crippen LogP contribution is -2.26. The van der Waals surface area contributed by atoms with Crippen molar-refractivity contribution in [3.63, 3.8) is 0 Å². The number of rotatable bonds is 1. The Bertz CT molecular complexity index is 489. The first-order valence-corrected chi connectivity index (χ1v) is 5.87. The van der Waals surface area contributed by atoms with Crippen LogP contribution < -0.4 is 5.32 Å². The summed E-state index contributed by atoms with van der Waals surface area (Å²) in [5.74, 6) is 0. The van der Waals surface area contributed by atoms with Crippen molar-refractivity contribution in [2.24, 2.45) is 0 Å². The number of hydrogen-bond acceptors (Lipinski definition) is 3. The zero-order valence-electron chi connectivity index (χ0n) is 9.19. The molecule has 16 heavy (non-hydrogen) atoms. The molecule has 82 valence electrons. The third-order valence-electron chi connectivity index (χ3n) is 3.18. The normalized spacial score (nSPS) is 21.1. The molecule has 1 aliphatic rings. The van der Waals surface area contributed by atoms with Gasteiger partial charge in [0.2, 0.25) is 0 Å². The molecule has 0 bridgehead atoms. The Morgan fingerprint density at radius 2 is 2.19 bits per heavy atom. The minimum Gasteiger partial charge on any atom is -0.310 e. The van der Waals surface area contributed by atoms with E-state index in [-0.39, 0.29) is 0 Å². The summed E-state index contributed by atoms with van der Waals surface area (Å²) in [5.41, 5.74) is 3.24. The molecule has 1 fully saturated rings. The maximum absolute atomic E-state index is 4.45. The quantitative estimate of drug-likeness (QED) is 0.790. The number of aromatic nitrogens is 2. The molecule has 3 heteroatoms. The van der Waals surface area contributed by atoms with Crippen LogP contribution in [0.2, 0.25) is 0 Å². The number of nitrogens with zero attached hydrogens (tertiary/aromatic N) is 2. The molecule has 0 saturated carbocycles. The van der Waals surface area contributed by atoms with Gasteiger partial charge in [-0.15, -0.1) is 0 Å². The number of pyridine rings is 2. The van der Waals surface area contributed by atoms with E-state index in [1.54, 1.807) is 0 Å². The highest BCUT2D eigenvalue weighted by molar-refractivity contribution is 5.74. The molecule has 3 heterocycles. The molecule has 0 aromatic carbocycles. The summed E-state index contributed by atoms with van der Waals surface area (Å²) in [5, 5.41) is 3.53. The fourth-order valence-corrected chi connectivity index (χ4v) is 2.30. The zero-order valence-corrected chi connectivity index (χ0v) is 9.19. The van der Waals surface area contributed by atoms with Crippen LogP contribution in [0.1, 0.15) is 30.9 Å². The molecule has 1 atom stereocenters. The molecule has 1 saturated heterocycles. The van der Waals surface area contributed by atoms with E-state index < -0.39 is 0 Å². The fraction of sp³-hybridized carbons (Fsp3) is 0.385. The Morgan fingerprint density at radius 3 is 3.06 bits per heavy atom. The van der Waals surface area contributed by atoms with Gasteiger partial charge in [-0.3, -0.25) is 9.97 Å². The average Bonchev–Trinajstić information content (AvgIpc) is 2.39. The Hall–Kier alpha value is -1.48. The van der Waals surface area contributed by atoms with Crippen molar-refractivity contribution >= 4 is 11.0 Å². The molecule has 2 aromatic heterocycles. The Morgan fingerprint density at radius 1 is 1.19 bits per heavy atom. The van der Waals surface area contributed by atoms with Gasteiger partial charge in [0.1, 0.15) is 0 Å². The lowest BCUT2D eigenvalue weighted by molar-refractivity contribution is 0.412. The van der Waals surface area contributed by atoms with E-state index in [9.17, 15) is 0 Å². The van der Waals surface area contributed by atoms with Crippen molar-refractivity contribution in [1.29, 1.82) is 0 Å². The summed E-state index contributed by atoms with van der Waals surface area (Å²) in [6.45, 7) is 1.12. The fourth-order valence-electron chi connectivity index (χ4n) is 2.30. The monoisotopic (exact) mass is 213 g/mol. The third kappa shape index (κ3) is 1.78.